The number of rotatable bonds is 9. The lowest BCUT2D eigenvalue weighted by molar-refractivity contribution is 0.343. The van der Waals surface area contributed by atoms with Gasteiger partial charge in [-0.2, -0.15) is 0 Å². The summed E-state index contributed by atoms with van der Waals surface area (Å²) in [6.07, 6.45) is 0. The number of sulfonamides is 1. The maximum absolute atomic E-state index is 12.7. The molecule has 0 aliphatic carbocycles. The van der Waals surface area contributed by atoms with E-state index in [9.17, 15) is 8.42 Å². The van der Waals surface area contributed by atoms with E-state index in [1.54, 1.807) is 37.4 Å². The van der Waals surface area contributed by atoms with Crippen LogP contribution in [0.5, 0.6) is 11.5 Å². The van der Waals surface area contributed by atoms with Crippen LogP contribution in [-0.4, -0.2) is 32.9 Å². The minimum atomic E-state index is -3.77. The van der Waals surface area contributed by atoms with Gasteiger partial charge < -0.3 is 13.9 Å². The number of fused-ring (bicyclic) bond motifs is 1. The molecule has 31 heavy (non-hydrogen) atoms. The van der Waals surface area contributed by atoms with Gasteiger partial charge in [-0.1, -0.05) is 30.0 Å². The van der Waals surface area contributed by atoms with Gasteiger partial charge in [0.15, 0.2) is 5.58 Å². The third kappa shape index (κ3) is 5.31. The van der Waals surface area contributed by atoms with Crippen LogP contribution in [0.1, 0.15) is 0 Å². The molecule has 0 amide bonds. The first-order valence-electron chi connectivity index (χ1n) is 9.42. The second kappa shape index (κ2) is 9.32. The Hall–Kier alpha value is -3.17. The van der Waals surface area contributed by atoms with Crippen molar-refractivity contribution in [2.24, 2.45) is 0 Å². The molecule has 0 aliphatic heterocycles. The minimum Gasteiger partial charge on any atom is -0.497 e. The molecule has 1 aromatic heterocycles. The molecule has 3 aromatic carbocycles. The van der Waals surface area contributed by atoms with E-state index in [0.29, 0.717) is 40.1 Å². The summed E-state index contributed by atoms with van der Waals surface area (Å²) >= 11 is 1.41. The van der Waals surface area contributed by atoms with Crippen molar-refractivity contribution in [2.45, 2.75) is 10.1 Å². The van der Waals surface area contributed by atoms with Crippen molar-refractivity contribution in [3.8, 4) is 11.5 Å². The predicted octanol–water partition coefficient (Wildman–Crippen LogP) is 4.81. The summed E-state index contributed by atoms with van der Waals surface area (Å²) in [5, 5.41) is 0.462. The molecule has 0 bridgehead atoms. The molecule has 0 fully saturated rings. The zero-order chi connectivity index (χ0) is 21.7. The number of nitrogens with one attached hydrogen (secondary N) is 1. The number of hydrogen-bond donors (Lipinski definition) is 1. The molecular formula is C22H20N2O5S2. The molecule has 1 N–H and O–H groups in total. The van der Waals surface area contributed by atoms with E-state index in [4.69, 9.17) is 13.9 Å². The zero-order valence-corrected chi connectivity index (χ0v) is 18.3. The molecule has 0 spiro atoms. The molecule has 4 rings (SSSR count). The second-order valence-electron chi connectivity index (χ2n) is 6.45. The fourth-order valence-electron chi connectivity index (χ4n) is 2.79. The van der Waals surface area contributed by atoms with Crippen molar-refractivity contribution in [3.05, 3.63) is 72.8 Å². The highest BCUT2D eigenvalue weighted by Crippen LogP contribution is 2.27. The van der Waals surface area contributed by atoms with E-state index in [-0.39, 0.29) is 4.90 Å². The Kier molecular flexibility index (Phi) is 6.34. The largest absolute Gasteiger partial charge is 0.497 e. The van der Waals surface area contributed by atoms with E-state index in [0.717, 1.165) is 5.75 Å². The van der Waals surface area contributed by atoms with Crippen LogP contribution in [0.4, 0.5) is 5.69 Å². The number of oxazole rings is 1. The van der Waals surface area contributed by atoms with Crippen LogP contribution in [0, 0.1) is 0 Å². The molecule has 1 heterocycles. The Labute approximate surface area is 184 Å². The highest BCUT2D eigenvalue weighted by Gasteiger charge is 2.17. The van der Waals surface area contributed by atoms with Crippen molar-refractivity contribution >= 4 is 38.6 Å². The van der Waals surface area contributed by atoms with Crippen molar-refractivity contribution in [1.29, 1.82) is 0 Å². The van der Waals surface area contributed by atoms with Gasteiger partial charge in [0.25, 0.3) is 15.2 Å². The van der Waals surface area contributed by atoms with Gasteiger partial charge in [-0.15, -0.1) is 0 Å². The molecular weight excluding hydrogens is 436 g/mol. The van der Waals surface area contributed by atoms with Crippen LogP contribution in [0.2, 0.25) is 0 Å². The smallest absolute Gasteiger partial charge is 0.261 e. The number of hydrogen-bond acceptors (Lipinski definition) is 7. The second-order valence-corrected chi connectivity index (χ2v) is 9.18. The lowest BCUT2D eigenvalue weighted by Gasteiger charge is -2.08. The number of aromatic nitrogens is 1. The molecule has 4 aromatic rings. The number of methoxy groups -OCH3 is 1. The Morgan fingerprint density at radius 1 is 1.00 bits per heavy atom. The molecule has 0 aliphatic rings. The van der Waals surface area contributed by atoms with E-state index in [1.807, 2.05) is 30.3 Å². The number of nitrogens with zero attached hydrogens (tertiary/aromatic N) is 1. The number of benzene rings is 3. The first kappa shape index (κ1) is 21.1. The number of para-hydroxylation sites is 1. The summed E-state index contributed by atoms with van der Waals surface area (Å²) in [6, 6.07) is 20.8. The lowest BCUT2D eigenvalue weighted by atomic mass is 10.3. The first-order chi connectivity index (χ1) is 15.0. The van der Waals surface area contributed by atoms with Crippen molar-refractivity contribution < 1.29 is 22.3 Å². The Balaban J connectivity index is 1.41. The van der Waals surface area contributed by atoms with Crippen LogP contribution >= 0.6 is 11.8 Å². The third-order valence-electron chi connectivity index (χ3n) is 4.31. The Bertz CT molecular complexity index is 1260. The van der Waals surface area contributed by atoms with Gasteiger partial charge in [0.2, 0.25) is 0 Å². The van der Waals surface area contributed by atoms with E-state index >= 15 is 0 Å². The summed E-state index contributed by atoms with van der Waals surface area (Å²) in [5.41, 5.74) is 1.44. The van der Waals surface area contributed by atoms with Gasteiger partial charge >= 0.3 is 0 Å². The molecule has 0 radical (unpaired) electrons. The minimum absolute atomic E-state index is 0.105. The van der Waals surface area contributed by atoms with Gasteiger partial charge in [0, 0.05) is 11.4 Å². The predicted molar refractivity (Wildman–Crippen MR) is 120 cm³/mol. The highest BCUT2D eigenvalue weighted by atomic mass is 32.2. The standard InChI is InChI=1S/C22H20N2O5S2/c1-27-17-9-7-16(8-10-17)24-31(25,26)19-11-12-21-20(15-19)23-22(29-21)30-14-13-28-18-5-3-2-4-6-18/h2-12,15,24H,13-14H2,1H3. The molecule has 160 valence electrons. The molecule has 0 saturated heterocycles. The lowest BCUT2D eigenvalue weighted by Crippen LogP contribution is -2.12. The van der Waals surface area contributed by atoms with Gasteiger partial charge in [-0.05, 0) is 54.6 Å². The summed E-state index contributed by atoms with van der Waals surface area (Å²) in [7, 11) is -2.22. The average Bonchev–Trinajstić information content (AvgIpc) is 3.20. The normalized spacial score (nSPS) is 11.4. The molecule has 0 atom stereocenters. The molecule has 9 heteroatoms. The van der Waals surface area contributed by atoms with Crippen LogP contribution in [0.15, 0.2) is 87.3 Å². The zero-order valence-electron chi connectivity index (χ0n) is 16.6. The van der Waals surface area contributed by atoms with Crippen LogP contribution < -0.4 is 14.2 Å². The summed E-state index contributed by atoms with van der Waals surface area (Å²) in [6.45, 7) is 0.499. The fraction of sp³-hybridized carbons (Fsp3) is 0.136. The summed E-state index contributed by atoms with van der Waals surface area (Å²) < 4.78 is 44.4. The summed E-state index contributed by atoms with van der Waals surface area (Å²) in [5.74, 6) is 2.09. The SMILES string of the molecule is COc1ccc(NS(=O)(=O)c2ccc3oc(SCCOc4ccccc4)nc3c2)cc1. The van der Waals surface area contributed by atoms with Crippen LogP contribution in [0.3, 0.4) is 0 Å². The van der Waals surface area contributed by atoms with Gasteiger partial charge in [0.1, 0.15) is 17.0 Å². The third-order valence-corrected chi connectivity index (χ3v) is 6.48. The van der Waals surface area contributed by atoms with Crippen LogP contribution in [0.25, 0.3) is 11.1 Å². The maximum atomic E-state index is 12.7. The van der Waals surface area contributed by atoms with Crippen molar-refractivity contribution in [1.82, 2.24) is 4.98 Å². The highest BCUT2D eigenvalue weighted by molar-refractivity contribution is 7.99. The topological polar surface area (TPSA) is 90.7 Å². The van der Waals surface area contributed by atoms with Gasteiger partial charge in [-0.3, -0.25) is 4.72 Å². The summed E-state index contributed by atoms with van der Waals surface area (Å²) in [4.78, 5) is 4.50. The van der Waals surface area contributed by atoms with E-state index < -0.39 is 10.0 Å². The Morgan fingerprint density at radius 2 is 1.77 bits per heavy atom. The van der Waals surface area contributed by atoms with E-state index in [1.165, 1.54) is 23.9 Å². The fourth-order valence-corrected chi connectivity index (χ4v) is 4.52. The average molecular weight is 457 g/mol. The first-order valence-corrected chi connectivity index (χ1v) is 11.9. The van der Waals surface area contributed by atoms with Crippen molar-refractivity contribution in [2.75, 3.05) is 24.2 Å². The van der Waals surface area contributed by atoms with E-state index in [2.05, 4.69) is 9.71 Å². The monoisotopic (exact) mass is 456 g/mol. The van der Waals surface area contributed by atoms with Crippen molar-refractivity contribution in [3.63, 3.8) is 0 Å². The van der Waals surface area contributed by atoms with Crippen LogP contribution in [-0.2, 0) is 10.0 Å². The number of ether oxygens (including phenoxy) is 2. The maximum Gasteiger partial charge on any atom is 0.261 e. The molecule has 7 nitrogen and oxygen atoms in total. The van der Waals surface area contributed by atoms with Gasteiger partial charge in [0.05, 0.1) is 18.6 Å². The Morgan fingerprint density at radius 3 is 2.52 bits per heavy atom. The number of thioether (sulfide) groups is 1. The molecule has 0 saturated carbocycles. The van der Waals surface area contributed by atoms with Gasteiger partial charge in [-0.25, -0.2) is 13.4 Å². The number of anilines is 1. The quantitative estimate of drug-likeness (QED) is 0.285. The molecule has 0 unspecified atom stereocenters.